The Kier molecular flexibility index (Phi) is 5.10. The third-order valence-corrected chi connectivity index (χ3v) is 4.66. The molecule has 0 aromatic carbocycles. The number of ether oxygens (including phenoxy) is 1. The maximum absolute atomic E-state index is 11.4. The first-order chi connectivity index (χ1) is 10.3. The van der Waals surface area contributed by atoms with Gasteiger partial charge in [0.2, 0.25) is 0 Å². The van der Waals surface area contributed by atoms with E-state index in [1.54, 1.807) is 6.08 Å². The van der Waals surface area contributed by atoms with Gasteiger partial charge in [0.05, 0.1) is 0 Å². The van der Waals surface area contributed by atoms with Crippen molar-refractivity contribution in [2.24, 2.45) is 5.41 Å². The van der Waals surface area contributed by atoms with E-state index >= 15 is 0 Å². The molecule has 1 atom stereocenters. The normalized spacial score (nSPS) is 26.2. The summed E-state index contributed by atoms with van der Waals surface area (Å²) in [6.45, 7) is 10.9. The number of esters is 1. The van der Waals surface area contributed by atoms with E-state index in [0.29, 0.717) is 0 Å². The molecule has 2 nitrogen and oxygen atoms in total. The van der Waals surface area contributed by atoms with Crippen LogP contribution in [0, 0.1) is 5.41 Å². The van der Waals surface area contributed by atoms with Gasteiger partial charge in [-0.15, -0.1) is 0 Å². The summed E-state index contributed by atoms with van der Waals surface area (Å²) in [5, 5.41) is 0. The molecule has 22 heavy (non-hydrogen) atoms. The average Bonchev–Trinajstić information content (AvgIpc) is 2.35. The molecule has 1 heterocycles. The van der Waals surface area contributed by atoms with Crippen molar-refractivity contribution >= 4 is 5.97 Å². The average molecular weight is 300 g/mol. The molecule has 1 aliphatic carbocycles. The summed E-state index contributed by atoms with van der Waals surface area (Å²) in [5.74, 6) is -0.228. The molecule has 0 bridgehead atoms. The van der Waals surface area contributed by atoms with Gasteiger partial charge >= 0.3 is 5.97 Å². The van der Waals surface area contributed by atoms with Crippen molar-refractivity contribution in [1.82, 2.24) is 0 Å². The number of hydrogen-bond donors (Lipinski definition) is 0. The van der Waals surface area contributed by atoms with Crippen LogP contribution >= 0.6 is 0 Å². The van der Waals surface area contributed by atoms with Crippen molar-refractivity contribution in [3.8, 4) is 0 Å². The van der Waals surface area contributed by atoms with Crippen LogP contribution in [-0.2, 0) is 9.53 Å². The topological polar surface area (TPSA) is 26.3 Å². The molecule has 0 aromatic heterocycles. The molecule has 0 aromatic rings. The summed E-state index contributed by atoms with van der Waals surface area (Å²) in [6.07, 6.45) is 12.5. The number of cyclic esters (lactones) is 1. The summed E-state index contributed by atoms with van der Waals surface area (Å²) in [7, 11) is 0. The van der Waals surface area contributed by atoms with E-state index in [1.165, 1.54) is 30.4 Å². The smallest absolute Gasteiger partial charge is 0.331 e. The van der Waals surface area contributed by atoms with Crippen molar-refractivity contribution in [2.45, 2.75) is 66.4 Å². The molecule has 1 unspecified atom stereocenters. The molecule has 120 valence electrons. The predicted octanol–water partition coefficient (Wildman–Crippen LogP) is 5.28. The molecule has 0 radical (unpaired) electrons. The van der Waals surface area contributed by atoms with Gasteiger partial charge in [-0.25, -0.2) is 4.79 Å². The number of allylic oxidation sites excluding steroid dienone is 5. The molecule has 2 heteroatoms. The summed E-state index contributed by atoms with van der Waals surface area (Å²) in [5.41, 5.74) is 5.46. The molecule has 2 rings (SSSR count). The van der Waals surface area contributed by atoms with Gasteiger partial charge in [0.1, 0.15) is 6.10 Å². The molecule has 0 amide bonds. The van der Waals surface area contributed by atoms with Gasteiger partial charge in [0, 0.05) is 12.5 Å². The minimum absolute atomic E-state index is 0.128. The van der Waals surface area contributed by atoms with Crippen LogP contribution in [0.15, 0.2) is 46.6 Å². The lowest BCUT2D eigenvalue weighted by Gasteiger charge is -2.33. The first-order valence-corrected chi connectivity index (χ1v) is 8.22. The van der Waals surface area contributed by atoms with Crippen molar-refractivity contribution in [3.05, 3.63) is 46.6 Å². The highest BCUT2D eigenvalue weighted by atomic mass is 16.5. The highest BCUT2D eigenvalue weighted by molar-refractivity contribution is 5.83. The van der Waals surface area contributed by atoms with Crippen molar-refractivity contribution in [2.75, 3.05) is 0 Å². The zero-order valence-electron chi connectivity index (χ0n) is 14.5. The van der Waals surface area contributed by atoms with Crippen molar-refractivity contribution in [3.63, 3.8) is 0 Å². The van der Waals surface area contributed by atoms with Crippen LogP contribution in [0.2, 0.25) is 0 Å². The Morgan fingerprint density at radius 3 is 2.73 bits per heavy atom. The Balaban J connectivity index is 2.11. The van der Waals surface area contributed by atoms with Gasteiger partial charge in [-0.2, -0.15) is 0 Å². The van der Waals surface area contributed by atoms with Crippen LogP contribution in [0.5, 0.6) is 0 Å². The molecule has 0 saturated carbocycles. The second kappa shape index (κ2) is 6.68. The highest BCUT2D eigenvalue weighted by Gasteiger charge is 2.26. The second-order valence-corrected chi connectivity index (χ2v) is 7.35. The standard InChI is InChI=1S/C20H28O2/c1-14(11-17-12-15(2)13-19(21)22-17)8-9-18-16(3)7-6-10-20(18,4)5/h8-9,11,13,17H,6-7,10,12H2,1-5H3. The fourth-order valence-electron chi connectivity index (χ4n) is 3.47. The summed E-state index contributed by atoms with van der Waals surface area (Å²) < 4.78 is 5.34. The fraction of sp³-hybridized carbons (Fsp3) is 0.550. The molecule has 2 aliphatic rings. The summed E-state index contributed by atoms with van der Waals surface area (Å²) >= 11 is 0. The minimum Gasteiger partial charge on any atom is -0.455 e. The molecular weight excluding hydrogens is 272 g/mol. The highest BCUT2D eigenvalue weighted by Crippen LogP contribution is 2.40. The van der Waals surface area contributed by atoms with Crippen LogP contribution < -0.4 is 0 Å². The first kappa shape index (κ1) is 16.8. The molecule has 0 spiro atoms. The van der Waals surface area contributed by atoms with Gasteiger partial charge in [0.15, 0.2) is 0 Å². The van der Waals surface area contributed by atoms with E-state index in [2.05, 4.69) is 45.9 Å². The molecule has 0 saturated heterocycles. The van der Waals surface area contributed by atoms with Gasteiger partial charge in [-0.1, -0.05) is 42.7 Å². The Hall–Kier alpha value is -1.57. The van der Waals surface area contributed by atoms with Crippen LogP contribution in [0.1, 0.15) is 60.3 Å². The maximum Gasteiger partial charge on any atom is 0.331 e. The van der Waals surface area contributed by atoms with Crippen LogP contribution in [-0.4, -0.2) is 12.1 Å². The van der Waals surface area contributed by atoms with E-state index in [0.717, 1.165) is 17.6 Å². The zero-order valence-corrected chi connectivity index (χ0v) is 14.5. The second-order valence-electron chi connectivity index (χ2n) is 7.35. The molecule has 0 fully saturated rings. The van der Waals surface area contributed by atoms with E-state index in [4.69, 9.17) is 4.74 Å². The first-order valence-electron chi connectivity index (χ1n) is 8.22. The lowest BCUT2D eigenvalue weighted by Crippen LogP contribution is -2.20. The van der Waals surface area contributed by atoms with E-state index in [1.807, 2.05) is 6.92 Å². The van der Waals surface area contributed by atoms with Gasteiger partial charge in [-0.05, 0) is 57.1 Å². The third kappa shape index (κ3) is 4.22. The van der Waals surface area contributed by atoms with E-state index < -0.39 is 0 Å². The van der Waals surface area contributed by atoms with Gasteiger partial charge in [-0.3, -0.25) is 0 Å². The maximum atomic E-state index is 11.4. The predicted molar refractivity (Wildman–Crippen MR) is 91.5 cm³/mol. The number of rotatable bonds is 3. The summed E-state index contributed by atoms with van der Waals surface area (Å²) in [4.78, 5) is 11.4. The number of carbonyl (C=O) groups excluding carboxylic acids is 1. The Morgan fingerprint density at radius 2 is 2.09 bits per heavy atom. The van der Waals surface area contributed by atoms with Crippen molar-refractivity contribution in [1.29, 1.82) is 0 Å². The SMILES string of the molecule is CC(C=CC1=C(C)CCCC1(C)C)=CC1CC(C)=CC(=O)O1. The van der Waals surface area contributed by atoms with Gasteiger partial charge in [0.25, 0.3) is 0 Å². The monoisotopic (exact) mass is 300 g/mol. The van der Waals surface area contributed by atoms with Gasteiger partial charge < -0.3 is 4.74 Å². The van der Waals surface area contributed by atoms with E-state index in [9.17, 15) is 4.79 Å². The quantitative estimate of drug-likeness (QED) is 0.524. The zero-order chi connectivity index (χ0) is 16.3. The third-order valence-electron chi connectivity index (χ3n) is 4.66. The molecular formula is C20H28O2. The Bertz CT molecular complexity index is 571. The van der Waals surface area contributed by atoms with E-state index in [-0.39, 0.29) is 17.5 Å². The van der Waals surface area contributed by atoms with Crippen LogP contribution in [0.25, 0.3) is 0 Å². The number of carbonyl (C=O) groups is 1. The lowest BCUT2D eigenvalue weighted by atomic mass is 9.72. The van der Waals surface area contributed by atoms with Crippen molar-refractivity contribution < 1.29 is 9.53 Å². The lowest BCUT2D eigenvalue weighted by molar-refractivity contribution is -0.142. The summed E-state index contributed by atoms with van der Waals surface area (Å²) in [6, 6.07) is 0. The Morgan fingerprint density at radius 1 is 1.36 bits per heavy atom. The Labute approximate surface area is 134 Å². The van der Waals surface area contributed by atoms with Crippen LogP contribution in [0.3, 0.4) is 0 Å². The van der Waals surface area contributed by atoms with Crippen LogP contribution in [0.4, 0.5) is 0 Å². The largest absolute Gasteiger partial charge is 0.455 e. The minimum atomic E-state index is -0.228. The molecule has 0 N–H and O–H groups in total. The fourth-order valence-corrected chi connectivity index (χ4v) is 3.47. The molecule has 1 aliphatic heterocycles. The number of hydrogen-bond acceptors (Lipinski definition) is 2.